The maximum Gasteiger partial charge on any atom is 0.410 e. The monoisotopic (exact) mass is 401 g/mol. The van der Waals surface area contributed by atoms with Gasteiger partial charge >= 0.3 is 12.1 Å². The Morgan fingerprint density at radius 2 is 1.92 bits per heavy atom. The Morgan fingerprint density at radius 1 is 1.23 bits per heavy atom. The number of likely N-dealkylation sites (tertiary alicyclic amines) is 1. The molecule has 0 N–H and O–H groups in total. The molecule has 144 valence electrons. The lowest BCUT2D eigenvalue weighted by atomic mass is 9.80. The van der Waals surface area contributed by atoms with E-state index in [2.05, 4.69) is 0 Å². The number of rotatable bonds is 3. The van der Waals surface area contributed by atoms with E-state index < -0.39 is 17.6 Å². The molecule has 0 aliphatic carbocycles. The Morgan fingerprint density at radius 3 is 2.50 bits per heavy atom. The molecule has 1 amide bonds. The van der Waals surface area contributed by atoms with Crippen LogP contribution in [-0.4, -0.2) is 42.3 Å². The quantitative estimate of drug-likeness (QED) is 0.675. The average Bonchev–Trinajstić information content (AvgIpc) is 2.55. The topological polar surface area (TPSA) is 55.8 Å². The summed E-state index contributed by atoms with van der Waals surface area (Å²) in [6.07, 6.45) is 0.195. The molecule has 0 spiro atoms. The first-order valence-electron chi connectivity index (χ1n) is 8.72. The molecule has 0 aromatic heterocycles. The van der Waals surface area contributed by atoms with Crippen molar-refractivity contribution in [3.05, 3.63) is 33.8 Å². The van der Waals surface area contributed by atoms with Crippen LogP contribution in [-0.2, 0) is 14.3 Å². The molecule has 0 radical (unpaired) electrons. The molecule has 1 aliphatic rings. The van der Waals surface area contributed by atoms with Crippen molar-refractivity contribution in [2.24, 2.45) is 5.92 Å². The molecule has 2 atom stereocenters. The number of carbonyl (C=O) groups excluding carboxylic acids is 2. The van der Waals surface area contributed by atoms with Gasteiger partial charge in [0.1, 0.15) is 5.60 Å². The number of carbonyl (C=O) groups is 2. The highest BCUT2D eigenvalue weighted by atomic mass is 35.5. The molecule has 0 saturated carbocycles. The van der Waals surface area contributed by atoms with Gasteiger partial charge in [-0.1, -0.05) is 29.3 Å². The molecule has 1 aliphatic heterocycles. The summed E-state index contributed by atoms with van der Waals surface area (Å²) in [6.45, 7) is 8.24. The molecule has 1 aromatic carbocycles. The van der Waals surface area contributed by atoms with Crippen LogP contribution in [0.4, 0.5) is 4.79 Å². The van der Waals surface area contributed by atoms with Crippen molar-refractivity contribution in [3.8, 4) is 0 Å². The standard InChI is InChI=1S/C19H25Cl2NO4/c1-5-25-17(23)14-11-22(18(24)26-19(2,3)4)9-8-13(14)12-6-7-15(20)16(21)10-12/h6-7,10,13-14H,5,8-9,11H2,1-4H3/t13-,14+/m0/s1. The Balaban J connectivity index is 2.23. The summed E-state index contributed by atoms with van der Waals surface area (Å²) in [5.41, 5.74) is 0.332. The Hall–Kier alpha value is -1.46. The smallest absolute Gasteiger partial charge is 0.410 e. The van der Waals surface area contributed by atoms with Crippen molar-refractivity contribution in [1.82, 2.24) is 4.90 Å². The second-order valence-corrected chi connectivity index (χ2v) is 8.17. The first-order chi connectivity index (χ1) is 12.1. The lowest BCUT2D eigenvalue weighted by Crippen LogP contribution is -2.47. The first kappa shape index (κ1) is 20.8. The fraction of sp³-hybridized carbons (Fsp3) is 0.579. The molecule has 26 heavy (non-hydrogen) atoms. The number of nitrogens with zero attached hydrogens (tertiary/aromatic N) is 1. The number of piperidine rings is 1. The molecule has 0 unspecified atom stereocenters. The fourth-order valence-electron chi connectivity index (χ4n) is 3.07. The van der Waals surface area contributed by atoms with Gasteiger partial charge in [-0.05, 0) is 51.8 Å². The van der Waals surface area contributed by atoms with E-state index in [1.165, 1.54) is 0 Å². The van der Waals surface area contributed by atoms with Gasteiger partial charge in [0.25, 0.3) is 0 Å². The Bertz CT molecular complexity index is 672. The molecule has 0 bridgehead atoms. The largest absolute Gasteiger partial charge is 0.466 e. The molecule has 5 nitrogen and oxygen atoms in total. The van der Waals surface area contributed by atoms with Crippen LogP contribution in [0.25, 0.3) is 0 Å². The summed E-state index contributed by atoms with van der Waals surface area (Å²) in [6, 6.07) is 5.37. The zero-order chi connectivity index (χ0) is 19.5. The van der Waals surface area contributed by atoms with Gasteiger partial charge in [-0.2, -0.15) is 0 Å². The highest BCUT2D eigenvalue weighted by molar-refractivity contribution is 6.42. The van der Waals surface area contributed by atoms with E-state index >= 15 is 0 Å². The highest BCUT2D eigenvalue weighted by Gasteiger charge is 2.39. The minimum atomic E-state index is -0.586. The first-order valence-corrected chi connectivity index (χ1v) is 9.47. The Labute approximate surface area is 164 Å². The number of amides is 1. The number of ether oxygens (including phenoxy) is 2. The molecular formula is C19H25Cl2NO4. The molecule has 2 rings (SSSR count). The van der Waals surface area contributed by atoms with Gasteiger partial charge in [-0.15, -0.1) is 0 Å². The zero-order valence-corrected chi connectivity index (χ0v) is 17.1. The van der Waals surface area contributed by atoms with Crippen molar-refractivity contribution in [1.29, 1.82) is 0 Å². The van der Waals surface area contributed by atoms with Gasteiger partial charge in [0, 0.05) is 19.0 Å². The summed E-state index contributed by atoms with van der Waals surface area (Å²) in [4.78, 5) is 26.5. The van der Waals surface area contributed by atoms with Crippen LogP contribution in [0.15, 0.2) is 18.2 Å². The average molecular weight is 402 g/mol. The minimum absolute atomic E-state index is 0.0949. The van der Waals surface area contributed by atoms with Crippen LogP contribution in [0.3, 0.4) is 0 Å². The van der Waals surface area contributed by atoms with Crippen molar-refractivity contribution in [2.75, 3.05) is 19.7 Å². The van der Waals surface area contributed by atoms with E-state index in [0.717, 1.165) is 5.56 Å². The van der Waals surface area contributed by atoms with Gasteiger partial charge in [0.2, 0.25) is 0 Å². The molecule has 1 aromatic rings. The van der Waals surface area contributed by atoms with Crippen molar-refractivity contribution in [3.63, 3.8) is 0 Å². The second-order valence-electron chi connectivity index (χ2n) is 7.35. The van der Waals surface area contributed by atoms with Crippen molar-refractivity contribution < 1.29 is 19.1 Å². The van der Waals surface area contributed by atoms with Gasteiger partial charge in [-0.3, -0.25) is 4.79 Å². The van der Waals surface area contributed by atoms with Crippen molar-refractivity contribution >= 4 is 35.3 Å². The number of hydrogen-bond donors (Lipinski definition) is 0. The normalized spacial score (nSPS) is 20.6. The minimum Gasteiger partial charge on any atom is -0.466 e. The van der Waals surface area contributed by atoms with Crippen molar-refractivity contribution in [2.45, 2.75) is 45.6 Å². The molecule has 1 saturated heterocycles. The molecular weight excluding hydrogens is 377 g/mol. The third-order valence-corrected chi connectivity index (χ3v) is 4.96. The third-order valence-electron chi connectivity index (χ3n) is 4.23. The van der Waals surface area contributed by atoms with Crippen LogP contribution < -0.4 is 0 Å². The number of halogens is 2. The van der Waals surface area contributed by atoms with Gasteiger partial charge < -0.3 is 14.4 Å². The third kappa shape index (κ3) is 5.27. The van der Waals surface area contributed by atoms with Gasteiger partial charge in [-0.25, -0.2) is 4.79 Å². The highest BCUT2D eigenvalue weighted by Crippen LogP contribution is 2.37. The summed E-state index contributed by atoms with van der Waals surface area (Å²) in [5, 5.41) is 0.913. The maximum absolute atomic E-state index is 12.5. The van der Waals surface area contributed by atoms with E-state index in [-0.39, 0.29) is 25.0 Å². The van der Waals surface area contributed by atoms with Gasteiger partial charge in [0.05, 0.1) is 22.6 Å². The van der Waals surface area contributed by atoms with E-state index in [9.17, 15) is 9.59 Å². The summed E-state index contributed by atoms with van der Waals surface area (Å²) in [7, 11) is 0. The van der Waals surface area contributed by atoms with E-state index in [4.69, 9.17) is 32.7 Å². The molecule has 7 heteroatoms. The predicted octanol–water partition coefficient (Wildman–Crippen LogP) is 4.90. The SMILES string of the molecule is CCOC(=O)[C@@H]1CN(C(=O)OC(C)(C)C)CC[C@H]1c1ccc(Cl)c(Cl)c1. The van der Waals surface area contributed by atoms with Gasteiger partial charge in [0.15, 0.2) is 0 Å². The van der Waals surface area contributed by atoms with Crippen LogP contribution in [0.2, 0.25) is 10.0 Å². The molecule has 1 heterocycles. The lowest BCUT2D eigenvalue weighted by Gasteiger charge is -2.38. The predicted molar refractivity (Wildman–Crippen MR) is 102 cm³/mol. The zero-order valence-electron chi connectivity index (χ0n) is 15.6. The maximum atomic E-state index is 12.5. The van der Waals surface area contributed by atoms with E-state index in [1.807, 2.05) is 26.8 Å². The fourth-order valence-corrected chi connectivity index (χ4v) is 3.38. The summed E-state index contributed by atoms with van der Waals surface area (Å²) in [5.74, 6) is -0.896. The second kappa shape index (κ2) is 8.49. The number of esters is 1. The summed E-state index contributed by atoms with van der Waals surface area (Å²) >= 11 is 12.1. The van der Waals surface area contributed by atoms with E-state index in [1.54, 1.807) is 24.0 Å². The number of hydrogen-bond acceptors (Lipinski definition) is 4. The summed E-state index contributed by atoms with van der Waals surface area (Å²) < 4.78 is 10.7. The van der Waals surface area contributed by atoms with Crippen LogP contribution in [0.1, 0.15) is 45.6 Å². The van der Waals surface area contributed by atoms with Crippen LogP contribution in [0.5, 0.6) is 0 Å². The van der Waals surface area contributed by atoms with Crippen LogP contribution >= 0.6 is 23.2 Å². The number of benzene rings is 1. The van der Waals surface area contributed by atoms with E-state index in [0.29, 0.717) is 23.0 Å². The molecule has 1 fully saturated rings. The van der Waals surface area contributed by atoms with Crippen LogP contribution in [0, 0.1) is 5.92 Å². The lowest BCUT2D eigenvalue weighted by molar-refractivity contribution is -0.150. The Kier molecular flexibility index (Phi) is 6.80.